The lowest BCUT2D eigenvalue weighted by Gasteiger charge is -2.32. The van der Waals surface area contributed by atoms with Crippen LogP contribution in [0.4, 0.5) is 5.69 Å². The van der Waals surface area contributed by atoms with E-state index in [0.717, 1.165) is 31.7 Å². The Morgan fingerprint density at radius 2 is 2.32 bits per heavy atom. The van der Waals surface area contributed by atoms with Crippen molar-refractivity contribution in [3.63, 3.8) is 0 Å². The van der Waals surface area contributed by atoms with Crippen LogP contribution >= 0.6 is 11.6 Å². The molecule has 1 atom stereocenters. The van der Waals surface area contributed by atoms with Crippen LogP contribution in [0.2, 0.25) is 5.02 Å². The predicted octanol–water partition coefficient (Wildman–Crippen LogP) is 3.04. The molecule has 0 amide bonds. The largest absolute Gasteiger partial charge is 0.367 e. The van der Waals surface area contributed by atoms with Gasteiger partial charge in [-0.1, -0.05) is 25.4 Å². The van der Waals surface area contributed by atoms with Gasteiger partial charge in [0.25, 0.3) is 0 Å². The molecular weight excluding hydrogens is 258 g/mol. The van der Waals surface area contributed by atoms with Crippen LogP contribution in [0.3, 0.4) is 0 Å². The number of nitrogens with zero attached hydrogens (tertiary/aromatic N) is 2. The fourth-order valence-corrected chi connectivity index (χ4v) is 2.75. The maximum atomic E-state index is 8.95. The zero-order valence-corrected chi connectivity index (χ0v) is 12.2. The number of halogens is 1. The van der Waals surface area contributed by atoms with Gasteiger partial charge in [0.2, 0.25) is 0 Å². The average Bonchev–Trinajstić information content (AvgIpc) is 2.89. The third-order valence-electron chi connectivity index (χ3n) is 3.44. The average molecular weight is 278 g/mol. The first-order chi connectivity index (χ1) is 9.11. The van der Waals surface area contributed by atoms with E-state index in [1.807, 2.05) is 18.2 Å². The number of anilines is 1. The van der Waals surface area contributed by atoms with Gasteiger partial charge in [-0.2, -0.15) is 5.26 Å². The van der Waals surface area contributed by atoms with E-state index in [2.05, 4.69) is 30.1 Å². The minimum Gasteiger partial charge on any atom is -0.367 e. The van der Waals surface area contributed by atoms with Crippen LogP contribution in [-0.2, 0) is 0 Å². The molecule has 0 saturated carbocycles. The highest BCUT2D eigenvalue weighted by atomic mass is 35.5. The number of benzene rings is 1. The number of nitrogens with one attached hydrogen (secondary N) is 1. The molecule has 0 bridgehead atoms. The van der Waals surface area contributed by atoms with E-state index in [0.29, 0.717) is 22.5 Å². The summed E-state index contributed by atoms with van der Waals surface area (Å²) in [5, 5.41) is 12.9. The summed E-state index contributed by atoms with van der Waals surface area (Å²) < 4.78 is 0. The molecule has 1 heterocycles. The molecule has 1 unspecified atom stereocenters. The summed E-state index contributed by atoms with van der Waals surface area (Å²) in [5.41, 5.74) is 1.66. The molecule has 102 valence electrons. The molecule has 1 aliphatic rings. The first kappa shape index (κ1) is 14.2. The predicted molar refractivity (Wildman–Crippen MR) is 79.6 cm³/mol. The molecule has 1 fully saturated rings. The monoisotopic (exact) mass is 277 g/mol. The Balaban J connectivity index is 2.26. The lowest BCUT2D eigenvalue weighted by molar-refractivity contribution is 0.550. The molecule has 3 nitrogen and oxygen atoms in total. The van der Waals surface area contributed by atoms with Gasteiger partial charge in [-0.3, -0.25) is 0 Å². The van der Waals surface area contributed by atoms with Gasteiger partial charge in [0, 0.05) is 24.8 Å². The van der Waals surface area contributed by atoms with Gasteiger partial charge in [-0.05, 0) is 37.1 Å². The Morgan fingerprint density at radius 1 is 1.53 bits per heavy atom. The van der Waals surface area contributed by atoms with E-state index in [4.69, 9.17) is 16.9 Å². The minimum atomic E-state index is 0.520. The number of nitriles is 1. The van der Waals surface area contributed by atoms with E-state index in [1.165, 1.54) is 0 Å². The molecule has 0 aromatic heterocycles. The lowest BCUT2D eigenvalue weighted by Crippen LogP contribution is -2.39. The molecule has 1 aliphatic heterocycles. The molecule has 0 spiro atoms. The third-order valence-corrected chi connectivity index (χ3v) is 3.75. The molecular formula is C15H20ClN3. The Morgan fingerprint density at radius 3 is 2.84 bits per heavy atom. The Hall–Kier alpha value is -1.24. The Bertz CT molecular complexity index is 473. The summed E-state index contributed by atoms with van der Waals surface area (Å²) >= 11 is 6.15. The van der Waals surface area contributed by atoms with E-state index in [1.54, 1.807) is 0 Å². The highest BCUT2D eigenvalue weighted by Crippen LogP contribution is 2.27. The second-order valence-corrected chi connectivity index (χ2v) is 5.88. The zero-order valence-electron chi connectivity index (χ0n) is 11.5. The smallest absolute Gasteiger partial charge is 0.101 e. The fourth-order valence-electron chi connectivity index (χ4n) is 2.54. The van der Waals surface area contributed by atoms with Crippen molar-refractivity contribution in [2.75, 3.05) is 24.5 Å². The van der Waals surface area contributed by atoms with Crippen LogP contribution < -0.4 is 10.2 Å². The van der Waals surface area contributed by atoms with Gasteiger partial charge in [0.15, 0.2) is 0 Å². The number of rotatable bonds is 4. The van der Waals surface area contributed by atoms with Gasteiger partial charge in [-0.15, -0.1) is 0 Å². The third kappa shape index (κ3) is 3.40. The molecule has 1 aromatic rings. The quantitative estimate of drug-likeness (QED) is 0.919. The lowest BCUT2D eigenvalue weighted by atomic mass is 10.1. The van der Waals surface area contributed by atoms with Crippen molar-refractivity contribution in [2.24, 2.45) is 5.92 Å². The normalized spacial score (nSPS) is 18.6. The van der Waals surface area contributed by atoms with Crippen molar-refractivity contribution in [3.8, 4) is 6.07 Å². The van der Waals surface area contributed by atoms with Crippen LogP contribution in [0.1, 0.15) is 25.8 Å². The van der Waals surface area contributed by atoms with Crippen molar-refractivity contribution >= 4 is 17.3 Å². The number of hydrogen-bond donors (Lipinski definition) is 1. The maximum absolute atomic E-state index is 8.95. The van der Waals surface area contributed by atoms with Crippen molar-refractivity contribution in [1.82, 2.24) is 5.32 Å². The second-order valence-electron chi connectivity index (χ2n) is 5.47. The minimum absolute atomic E-state index is 0.520. The van der Waals surface area contributed by atoms with Gasteiger partial charge < -0.3 is 10.2 Å². The van der Waals surface area contributed by atoms with Gasteiger partial charge in [0.05, 0.1) is 10.6 Å². The van der Waals surface area contributed by atoms with E-state index in [9.17, 15) is 0 Å². The fraction of sp³-hybridized carbons (Fsp3) is 0.533. The Labute approximate surface area is 120 Å². The summed E-state index contributed by atoms with van der Waals surface area (Å²) in [6, 6.07) is 8.36. The zero-order chi connectivity index (χ0) is 13.8. The van der Waals surface area contributed by atoms with E-state index in [-0.39, 0.29) is 0 Å². The molecule has 4 heteroatoms. The van der Waals surface area contributed by atoms with Crippen molar-refractivity contribution in [1.29, 1.82) is 5.26 Å². The SMILES string of the molecule is CC(C)CN(c1ccc(C#N)c(Cl)c1)C1CCNC1. The van der Waals surface area contributed by atoms with Crippen LogP contribution in [-0.4, -0.2) is 25.7 Å². The first-order valence-electron chi connectivity index (χ1n) is 6.79. The molecule has 19 heavy (non-hydrogen) atoms. The van der Waals surface area contributed by atoms with Gasteiger partial charge in [0.1, 0.15) is 6.07 Å². The van der Waals surface area contributed by atoms with Crippen LogP contribution in [0.5, 0.6) is 0 Å². The molecule has 0 radical (unpaired) electrons. The summed E-state index contributed by atoms with van der Waals surface area (Å²) in [6.45, 7) is 7.55. The van der Waals surface area contributed by atoms with Crippen molar-refractivity contribution in [3.05, 3.63) is 28.8 Å². The molecule has 0 aliphatic carbocycles. The maximum Gasteiger partial charge on any atom is 0.101 e. The van der Waals surface area contributed by atoms with Crippen molar-refractivity contribution < 1.29 is 0 Å². The van der Waals surface area contributed by atoms with Gasteiger partial charge >= 0.3 is 0 Å². The molecule has 1 saturated heterocycles. The summed E-state index contributed by atoms with van der Waals surface area (Å²) in [6.07, 6.45) is 1.16. The highest BCUT2D eigenvalue weighted by molar-refractivity contribution is 6.32. The second kappa shape index (κ2) is 6.27. The van der Waals surface area contributed by atoms with Crippen LogP contribution in [0.15, 0.2) is 18.2 Å². The van der Waals surface area contributed by atoms with Crippen LogP contribution in [0, 0.1) is 17.2 Å². The van der Waals surface area contributed by atoms with Gasteiger partial charge in [-0.25, -0.2) is 0 Å². The molecule has 1 aromatic carbocycles. The standard InChI is InChI=1S/C15H20ClN3/c1-11(2)10-19(14-5-6-18-9-14)13-4-3-12(8-17)15(16)7-13/h3-4,7,11,14,18H,5-6,9-10H2,1-2H3. The van der Waals surface area contributed by atoms with Crippen molar-refractivity contribution in [2.45, 2.75) is 26.3 Å². The summed E-state index contributed by atoms with van der Waals surface area (Å²) in [7, 11) is 0. The Kier molecular flexibility index (Phi) is 4.68. The molecule has 1 N–H and O–H groups in total. The first-order valence-corrected chi connectivity index (χ1v) is 7.16. The van der Waals surface area contributed by atoms with E-state index >= 15 is 0 Å². The number of hydrogen-bond acceptors (Lipinski definition) is 3. The van der Waals surface area contributed by atoms with Crippen LogP contribution in [0.25, 0.3) is 0 Å². The summed E-state index contributed by atoms with van der Waals surface area (Å²) in [5.74, 6) is 0.593. The highest BCUT2D eigenvalue weighted by Gasteiger charge is 2.23. The summed E-state index contributed by atoms with van der Waals surface area (Å²) in [4.78, 5) is 2.41. The molecule has 2 rings (SSSR count). The van der Waals surface area contributed by atoms with E-state index < -0.39 is 0 Å². The topological polar surface area (TPSA) is 39.1 Å².